The summed E-state index contributed by atoms with van der Waals surface area (Å²) in [6.07, 6.45) is 5.53. The number of rotatable bonds is 2. The van der Waals surface area contributed by atoms with E-state index < -0.39 is 8.07 Å². The van der Waals surface area contributed by atoms with Gasteiger partial charge in [-0.3, -0.25) is 0 Å². The molecule has 0 saturated heterocycles. The maximum Gasteiger partial charge on any atom is 3.00 e. The summed E-state index contributed by atoms with van der Waals surface area (Å²) in [5, 5.41) is 10.9. The average molecular weight is 861 g/mol. The van der Waals surface area contributed by atoms with Crippen LogP contribution in [0.4, 0.5) is 0 Å². The molecule has 0 N–H and O–H groups in total. The van der Waals surface area contributed by atoms with E-state index in [4.69, 9.17) is 4.98 Å². The first-order valence-electron chi connectivity index (χ1n) is 17.1. The molecule has 0 unspecified atom stereocenters. The summed E-state index contributed by atoms with van der Waals surface area (Å²) in [5.74, 6) is 0. The molecule has 3 nitrogen and oxygen atoms in total. The van der Waals surface area contributed by atoms with Crippen molar-refractivity contribution in [3.63, 3.8) is 0 Å². The second kappa shape index (κ2) is 15.3. The molecule has 9 aromatic rings. The van der Waals surface area contributed by atoms with Gasteiger partial charge in [0, 0.05) is 18.6 Å². The van der Waals surface area contributed by atoms with Crippen molar-refractivity contribution in [2.45, 2.75) is 13.1 Å². The van der Waals surface area contributed by atoms with Gasteiger partial charge < -0.3 is 15.0 Å². The van der Waals surface area contributed by atoms with E-state index in [2.05, 4.69) is 102 Å². The van der Waals surface area contributed by atoms with Gasteiger partial charge in [-0.2, -0.15) is 0 Å². The van der Waals surface area contributed by atoms with Crippen LogP contribution in [0.25, 0.3) is 66.1 Å². The molecule has 0 amide bonds. The summed E-state index contributed by atoms with van der Waals surface area (Å²) in [6, 6.07) is 61.4. The molecule has 10 rings (SSSR count). The minimum atomic E-state index is -1.84. The fraction of sp³-hybridized carbons (Fsp3) is 0.0426. The number of hydrogen-bond donors (Lipinski definition) is 0. The van der Waals surface area contributed by atoms with E-state index in [0.717, 1.165) is 28.2 Å². The zero-order valence-corrected chi connectivity index (χ0v) is 32.2. The first-order chi connectivity index (χ1) is 25.1. The molecule has 0 atom stereocenters. The maximum absolute atomic E-state index is 4.80. The van der Waals surface area contributed by atoms with Gasteiger partial charge in [-0.25, -0.2) is 0 Å². The first kappa shape index (κ1) is 34.8. The van der Waals surface area contributed by atoms with Crippen LogP contribution in [0.1, 0.15) is 0 Å². The zero-order chi connectivity index (χ0) is 34.6. The van der Waals surface area contributed by atoms with E-state index in [-0.39, 0.29) is 20.1 Å². The smallest absolute Gasteiger partial charge is 0.305 e. The average Bonchev–Trinajstić information content (AvgIpc) is 3.21. The van der Waals surface area contributed by atoms with Gasteiger partial charge in [0.15, 0.2) is 0 Å². The van der Waals surface area contributed by atoms with Crippen molar-refractivity contribution in [2.75, 3.05) is 0 Å². The fourth-order valence-corrected chi connectivity index (χ4v) is 9.99. The van der Waals surface area contributed by atoms with Crippen molar-refractivity contribution in [1.82, 2.24) is 15.0 Å². The van der Waals surface area contributed by atoms with Crippen LogP contribution in [0.3, 0.4) is 0 Å². The third-order valence-corrected chi connectivity index (χ3v) is 13.0. The monoisotopic (exact) mass is 861 g/mol. The minimum Gasteiger partial charge on any atom is -0.305 e. The third-order valence-electron chi connectivity index (χ3n) is 9.51. The van der Waals surface area contributed by atoms with Gasteiger partial charge in [-0.05, 0) is 67.6 Å². The van der Waals surface area contributed by atoms with Crippen molar-refractivity contribution in [3.8, 4) is 33.8 Å². The van der Waals surface area contributed by atoms with Gasteiger partial charge in [-0.15, -0.1) is 107 Å². The standard InChI is InChI=1S/C25H18NSi.2C11H8N.Ir/c1-27(2)22-10-6-5-9-20(22)25-24-19(13-14-26-25)18-12-11-16-7-3-4-8-17(16)21(18)15-23(24)27;2*1-2-6-10(7-3-1)11-8-4-5-9-12-11;/h3-8,10-15H,1-2H3;2*1-6,8-9H;/q3*-1;+3. The molecular formula is C47H34IrN3Si. The van der Waals surface area contributed by atoms with Crippen molar-refractivity contribution in [3.05, 3.63) is 188 Å². The van der Waals surface area contributed by atoms with E-state index in [1.165, 1.54) is 48.3 Å². The molecular weight excluding hydrogens is 827 g/mol. The molecule has 1 aliphatic heterocycles. The molecule has 0 radical (unpaired) electrons. The van der Waals surface area contributed by atoms with Gasteiger partial charge >= 0.3 is 20.1 Å². The largest absolute Gasteiger partial charge is 3.00 e. The van der Waals surface area contributed by atoms with Gasteiger partial charge in [0.25, 0.3) is 0 Å². The Kier molecular flexibility index (Phi) is 10.3. The van der Waals surface area contributed by atoms with Crippen LogP contribution in [0.15, 0.2) is 170 Å². The predicted molar refractivity (Wildman–Crippen MR) is 215 cm³/mol. The summed E-state index contributed by atoms with van der Waals surface area (Å²) in [5.41, 5.74) is 6.32. The third kappa shape index (κ3) is 6.74. The van der Waals surface area contributed by atoms with E-state index in [1.807, 2.05) is 97.2 Å². The molecule has 0 fully saturated rings. The molecule has 1 aliphatic rings. The van der Waals surface area contributed by atoms with E-state index >= 15 is 0 Å². The molecule has 52 heavy (non-hydrogen) atoms. The number of aromatic nitrogens is 3. The second-order valence-corrected chi connectivity index (χ2v) is 17.3. The second-order valence-electron chi connectivity index (χ2n) is 13.0. The molecule has 4 heterocycles. The molecule has 0 bridgehead atoms. The van der Waals surface area contributed by atoms with Gasteiger partial charge in [-0.1, -0.05) is 85.0 Å². The quantitative estimate of drug-likeness (QED) is 0.0988. The molecule has 250 valence electrons. The summed E-state index contributed by atoms with van der Waals surface area (Å²) in [4.78, 5) is 13.2. The van der Waals surface area contributed by atoms with Crippen molar-refractivity contribution in [2.24, 2.45) is 0 Å². The maximum atomic E-state index is 4.80. The number of nitrogens with zero attached hydrogens (tertiary/aromatic N) is 3. The number of fused-ring (bicyclic) bond motifs is 6. The SMILES string of the molecule is C[Si]1(C)c2ccc[c-]c2-c2nccc3c2c1cc1c2ccccc2ccc31.[Ir+3].[c-]1ccccc1-c1ccccn1.[c-]1ccccc1-c1ccccn1. The number of hydrogen-bond acceptors (Lipinski definition) is 3. The van der Waals surface area contributed by atoms with Crippen LogP contribution in [-0.2, 0) is 20.1 Å². The topological polar surface area (TPSA) is 38.7 Å². The molecule has 3 aromatic heterocycles. The van der Waals surface area contributed by atoms with Gasteiger partial charge in [0.05, 0.1) is 8.07 Å². The summed E-state index contributed by atoms with van der Waals surface area (Å²) >= 11 is 0. The van der Waals surface area contributed by atoms with Crippen molar-refractivity contribution in [1.29, 1.82) is 0 Å². The Morgan fingerprint density at radius 3 is 1.73 bits per heavy atom. The Labute approximate surface area is 319 Å². The molecule has 6 aromatic carbocycles. The van der Waals surface area contributed by atoms with Gasteiger partial charge in [0.2, 0.25) is 0 Å². The van der Waals surface area contributed by atoms with E-state index in [1.54, 1.807) is 12.4 Å². The first-order valence-corrected chi connectivity index (χ1v) is 20.1. The van der Waals surface area contributed by atoms with Crippen LogP contribution in [0.2, 0.25) is 13.1 Å². The van der Waals surface area contributed by atoms with E-state index in [9.17, 15) is 0 Å². The normalized spacial score (nSPS) is 12.0. The summed E-state index contributed by atoms with van der Waals surface area (Å²) in [6.45, 7) is 4.92. The van der Waals surface area contributed by atoms with Crippen molar-refractivity contribution < 1.29 is 20.1 Å². The molecule has 0 aliphatic carbocycles. The Bertz CT molecular complexity index is 2450. The molecule has 5 heteroatoms. The van der Waals surface area contributed by atoms with Crippen LogP contribution in [0.5, 0.6) is 0 Å². The number of pyridine rings is 3. The zero-order valence-electron chi connectivity index (χ0n) is 28.8. The van der Waals surface area contributed by atoms with E-state index in [0.29, 0.717) is 0 Å². The fourth-order valence-electron chi connectivity index (χ4n) is 6.99. The number of benzene rings is 6. The van der Waals surface area contributed by atoms with Crippen LogP contribution < -0.4 is 10.4 Å². The summed E-state index contributed by atoms with van der Waals surface area (Å²) < 4.78 is 0. The Hall–Kier alpha value is -5.58. The molecule has 0 saturated carbocycles. The van der Waals surface area contributed by atoms with Crippen LogP contribution >= 0.6 is 0 Å². The summed E-state index contributed by atoms with van der Waals surface area (Å²) in [7, 11) is -1.84. The van der Waals surface area contributed by atoms with Crippen LogP contribution in [-0.4, -0.2) is 23.0 Å². The Morgan fingerprint density at radius 1 is 0.462 bits per heavy atom. The van der Waals surface area contributed by atoms with Crippen LogP contribution in [0, 0.1) is 18.2 Å². The molecule has 0 spiro atoms. The van der Waals surface area contributed by atoms with Gasteiger partial charge in [0.1, 0.15) is 0 Å². The Morgan fingerprint density at radius 2 is 1.10 bits per heavy atom. The predicted octanol–water partition coefficient (Wildman–Crippen LogP) is 10.2. The minimum absolute atomic E-state index is 0. The van der Waals surface area contributed by atoms with Crippen molar-refractivity contribution >= 4 is 50.8 Å². The Balaban J connectivity index is 0.000000140.